The van der Waals surface area contributed by atoms with Crippen LogP contribution in [-0.4, -0.2) is 11.6 Å². The van der Waals surface area contributed by atoms with Crippen molar-refractivity contribution in [2.24, 2.45) is 0 Å². The van der Waals surface area contributed by atoms with Crippen LogP contribution in [0.1, 0.15) is 36.8 Å². The molecule has 122 valence electrons. The van der Waals surface area contributed by atoms with Crippen molar-refractivity contribution < 1.29 is 9.59 Å². The van der Waals surface area contributed by atoms with Gasteiger partial charge in [-0.05, 0) is 34.4 Å². The Morgan fingerprint density at radius 1 is 0.833 bits per heavy atom. The maximum Gasteiger partial charge on any atom is 0.162 e. The summed E-state index contributed by atoms with van der Waals surface area (Å²) in [5, 5.41) is 0. The van der Waals surface area contributed by atoms with Crippen LogP contribution in [0.5, 0.6) is 0 Å². The van der Waals surface area contributed by atoms with Crippen LogP contribution in [0.15, 0.2) is 73.8 Å². The molecule has 0 spiro atoms. The zero-order valence-electron chi connectivity index (χ0n) is 14.2. The number of rotatable bonds is 7. The molecule has 2 aromatic carbocycles. The Hall–Kier alpha value is -2.74. The highest BCUT2D eigenvalue weighted by atomic mass is 16.1. The first-order valence-corrected chi connectivity index (χ1v) is 8.02. The molecule has 0 amide bonds. The number of carbonyl (C=O) groups excluding carboxylic acids is 2. The van der Waals surface area contributed by atoms with Crippen LogP contribution < -0.4 is 0 Å². The van der Waals surface area contributed by atoms with E-state index in [2.05, 4.69) is 13.2 Å². The minimum atomic E-state index is -0.367. The van der Waals surface area contributed by atoms with Gasteiger partial charge in [-0.2, -0.15) is 0 Å². The lowest BCUT2D eigenvalue weighted by molar-refractivity contribution is -0.116. The molecule has 0 aliphatic carbocycles. The Morgan fingerprint density at radius 3 is 2.00 bits per heavy atom. The summed E-state index contributed by atoms with van der Waals surface area (Å²) < 4.78 is 0. The van der Waals surface area contributed by atoms with Gasteiger partial charge in [0, 0.05) is 11.8 Å². The first-order valence-electron chi connectivity index (χ1n) is 8.02. The molecule has 0 heterocycles. The zero-order chi connectivity index (χ0) is 17.7. The second-order valence-corrected chi connectivity index (χ2v) is 5.83. The molecule has 2 atom stereocenters. The topological polar surface area (TPSA) is 34.1 Å². The molecular weight excluding hydrogens is 296 g/mol. The third-order valence-electron chi connectivity index (χ3n) is 4.38. The van der Waals surface area contributed by atoms with Gasteiger partial charge in [0.25, 0.3) is 0 Å². The lowest BCUT2D eigenvalue weighted by Gasteiger charge is -2.22. The van der Waals surface area contributed by atoms with Crippen molar-refractivity contribution in [2.75, 3.05) is 0 Å². The van der Waals surface area contributed by atoms with Crippen molar-refractivity contribution in [3.8, 4) is 11.1 Å². The van der Waals surface area contributed by atoms with E-state index in [1.54, 1.807) is 0 Å². The summed E-state index contributed by atoms with van der Waals surface area (Å²) in [4.78, 5) is 24.4. The maximum absolute atomic E-state index is 12.3. The Bertz CT molecular complexity index is 772. The van der Waals surface area contributed by atoms with Crippen LogP contribution in [0.4, 0.5) is 0 Å². The van der Waals surface area contributed by atoms with Gasteiger partial charge < -0.3 is 0 Å². The monoisotopic (exact) mass is 318 g/mol. The Balaban J connectivity index is 2.72. The van der Waals surface area contributed by atoms with E-state index in [1.165, 1.54) is 12.2 Å². The van der Waals surface area contributed by atoms with Crippen molar-refractivity contribution >= 4 is 11.6 Å². The number of ketones is 2. The maximum atomic E-state index is 12.3. The molecule has 2 unspecified atom stereocenters. The smallest absolute Gasteiger partial charge is 0.162 e. The molecule has 2 aromatic rings. The average molecular weight is 318 g/mol. The van der Waals surface area contributed by atoms with Gasteiger partial charge in [-0.3, -0.25) is 9.59 Å². The number of benzene rings is 2. The normalized spacial score (nSPS) is 12.9. The third-order valence-corrected chi connectivity index (χ3v) is 4.38. The van der Waals surface area contributed by atoms with Crippen molar-refractivity contribution in [1.29, 1.82) is 0 Å². The molecule has 0 aliphatic rings. The highest BCUT2D eigenvalue weighted by Crippen LogP contribution is 2.36. The number of allylic oxidation sites excluding steroid dienone is 2. The largest absolute Gasteiger partial charge is 0.294 e. The quantitative estimate of drug-likeness (QED) is 0.668. The second kappa shape index (κ2) is 7.69. The lowest BCUT2D eigenvalue weighted by atomic mass is 9.80. The first kappa shape index (κ1) is 17.6. The molecule has 2 heteroatoms. The number of hydrogen-bond donors (Lipinski definition) is 0. The highest BCUT2D eigenvalue weighted by Gasteiger charge is 2.25. The van der Waals surface area contributed by atoms with Crippen LogP contribution in [0.2, 0.25) is 0 Å². The van der Waals surface area contributed by atoms with E-state index in [4.69, 9.17) is 0 Å². The van der Waals surface area contributed by atoms with Crippen molar-refractivity contribution in [3.63, 3.8) is 0 Å². The van der Waals surface area contributed by atoms with E-state index >= 15 is 0 Å². The van der Waals surface area contributed by atoms with Gasteiger partial charge in [-0.1, -0.05) is 75.5 Å². The number of carbonyl (C=O) groups is 2. The standard InChI is InChI=1S/C22H22O2/c1-5-20(23)15(3)18-13-10-14-19(17-11-8-7-9-12-17)22(18)16(4)21(24)6-2/h5-16H,1-2H2,3-4H3. The average Bonchev–Trinajstić information content (AvgIpc) is 2.65. The zero-order valence-corrected chi connectivity index (χ0v) is 14.2. The summed E-state index contributed by atoms with van der Waals surface area (Å²) in [5.41, 5.74) is 3.75. The molecule has 0 N–H and O–H groups in total. The molecule has 2 nitrogen and oxygen atoms in total. The molecule has 0 aromatic heterocycles. The fourth-order valence-electron chi connectivity index (χ4n) is 2.96. The van der Waals surface area contributed by atoms with Crippen LogP contribution >= 0.6 is 0 Å². The Morgan fingerprint density at radius 2 is 1.42 bits per heavy atom. The van der Waals surface area contributed by atoms with Crippen molar-refractivity contribution in [1.82, 2.24) is 0 Å². The third kappa shape index (κ3) is 3.43. The van der Waals surface area contributed by atoms with Gasteiger partial charge in [0.2, 0.25) is 0 Å². The van der Waals surface area contributed by atoms with Crippen LogP contribution in [0, 0.1) is 0 Å². The molecule has 24 heavy (non-hydrogen) atoms. The second-order valence-electron chi connectivity index (χ2n) is 5.83. The van der Waals surface area contributed by atoms with Crippen LogP contribution in [0.3, 0.4) is 0 Å². The minimum absolute atomic E-state index is 0.0558. The van der Waals surface area contributed by atoms with Crippen molar-refractivity contribution in [3.05, 3.63) is 85.0 Å². The van der Waals surface area contributed by atoms with Crippen LogP contribution in [-0.2, 0) is 9.59 Å². The molecule has 0 bridgehead atoms. The van der Waals surface area contributed by atoms with Gasteiger partial charge in [-0.15, -0.1) is 0 Å². The number of hydrogen-bond acceptors (Lipinski definition) is 2. The predicted octanol–water partition coefficient (Wildman–Crippen LogP) is 5.07. The van der Waals surface area contributed by atoms with E-state index in [0.29, 0.717) is 0 Å². The minimum Gasteiger partial charge on any atom is -0.294 e. The molecule has 2 rings (SSSR count). The van der Waals surface area contributed by atoms with E-state index in [9.17, 15) is 9.59 Å². The molecule has 0 aliphatic heterocycles. The summed E-state index contributed by atoms with van der Waals surface area (Å²) in [6, 6.07) is 15.7. The SMILES string of the molecule is C=CC(=O)C(C)c1cccc(-c2ccccc2)c1C(C)C(=O)C=C. The first-order chi connectivity index (χ1) is 11.5. The molecule has 0 fully saturated rings. The molecular formula is C22H22O2. The van der Waals surface area contributed by atoms with Crippen molar-refractivity contribution in [2.45, 2.75) is 25.7 Å². The molecule has 0 radical (unpaired) electrons. The summed E-state index contributed by atoms with van der Waals surface area (Å²) in [5.74, 6) is -0.826. The van der Waals surface area contributed by atoms with Crippen LogP contribution in [0.25, 0.3) is 11.1 Å². The molecule has 0 saturated heterocycles. The van der Waals surface area contributed by atoms with E-state index in [1.807, 2.05) is 62.4 Å². The van der Waals surface area contributed by atoms with Gasteiger partial charge in [-0.25, -0.2) is 0 Å². The van der Waals surface area contributed by atoms with Gasteiger partial charge in [0.1, 0.15) is 0 Å². The lowest BCUT2D eigenvalue weighted by Crippen LogP contribution is -2.15. The fraction of sp³-hybridized carbons (Fsp3) is 0.182. The molecule has 0 saturated carbocycles. The highest BCUT2D eigenvalue weighted by molar-refractivity contribution is 5.99. The summed E-state index contributed by atoms with van der Waals surface area (Å²) in [7, 11) is 0. The summed E-state index contributed by atoms with van der Waals surface area (Å²) >= 11 is 0. The Kier molecular flexibility index (Phi) is 5.64. The summed E-state index contributed by atoms with van der Waals surface area (Å²) in [6.45, 7) is 10.9. The summed E-state index contributed by atoms with van der Waals surface area (Å²) in [6.07, 6.45) is 2.68. The predicted molar refractivity (Wildman–Crippen MR) is 99.1 cm³/mol. The van der Waals surface area contributed by atoms with Gasteiger partial charge in [0.05, 0.1) is 0 Å². The van der Waals surface area contributed by atoms with E-state index < -0.39 is 0 Å². The fourth-order valence-corrected chi connectivity index (χ4v) is 2.96. The Labute approximate surface area is 143 Å². The van der Waals surface area contributed by atoms with E-state index in [0.717, 1.165) is 22.3 Å². The van der Waals surface area contributed by atoms with Gasteiger partial charge in [0.15, 0.2) is 11.6 Å². The van der Waals surface area contributed by atoms with E-state index in [-0.39, 0.29) is 23.4 Å². The van der Waals surface area contributed by atoms with Gasteiger partial charge >= 0.3 is 0 Å².